The van der Waals surface area contributed by atoms with Gasteiger partial charge in [-0.3, -0.25) is 0 Å². The van der Waals surface area contributed by atoms with Crippen molar-refractivity contribution in [1.29, 1.82) is 0 Å². The smallest absolute Gasteiger partial charge is 0.0695 e. The largest absolute Gasteiger partial charge is 0.389 e. The third-order valence-corrected chi connectivity index (χ3v) is 1.93. The van der Waals surface area contributed by atoms with Gasteiger partial charge < -0.3 is 5.11 Å². The molecule has 1 N–H and O–H groups in total. The molecule has 0 bridgehead atoms. The van der Waals surface area contributed by atoms with Gasteiger partial charge in [-0.05, 0) is 23.8 Å². The quantitative estimate of drug-likeness (QED) is 0.684. The zero-order valence-corrected chi connectivity index (χ0v) is 10.3. The number of allylic oxidation sites excluding steroid dienone is 3. The molecule has 0 aromatic heterocycles. The molecule has 82 valence electrons. The Kier molecular flexibility index (Phi) is 5.14. The molecular weight excluding hydrogens is 172 g/mol. The van der Waals surface area contributed by atoms with E-state index in [1.807, 2.05) is 12.2 Å². The van der Waals surface area contributed by atoms with Gasteiger partial charge in [-0.15, -0.1) is 0 Å². The Morgan fingerprint density at radius 1 is 1.14 bits per heavy atom. The van der Waals surface area contributed by atoms with Gasteiger partial charge in [-0.1, -0.05) is 52.8 Å². The van der Waals surface area contributed by atoms with Gasteiger partial charge in [-0.2, -0.15) is 0 Å². The van der Waals surface area contributed by atoms with Crippen molar-refractivity contribution in [2.75, 3.05) is 0 Å². The fraction of sp³-hybridized carbons (Fsp3) is 0.692. The van der Waals surface area contributed by atoms with E-state index in [1.54, 1.807) is 6.92 Å². The molecule has 0 aliphatic carbocycles. The standard InChI is InChI=1S/C13H24O/c1-10(2)9-12(13(4,5)6)8-7-11(3)14/h7-11,14H,1-6H3. The average molecular weight is 196 g/mol. The summed E-state index contributed by atoms with van der Waals surface area (Å²) in [5.41, 5.74) is 1.43. The Labute approximate surface area is 88.5 Å². The van der Waals surface area contributed by atoms with Crippen LogP contribution in [0, 0.1) is 11.3 Å². The highest BCUT2D eigenvalue weighted by molar-refractivity contribution is 5.25. The second kappa shape index (κ2) is 5.35. The minimum atomic E-state index is -0.368. The van der Waals surface area contributed by atoms with Crippen LogP contribution in [0.2, 0.25) is 0 Å². The number of aliphatic hydroxyl groups is 1. The molecule has 0 heterocycles. The number of rotatable bonds is 3. The van der Waals surface area contributed by atoms with E-state index in [1.165, 1.54) is 5.57 Å². The molecule has 1 heteroatoms. The van der Waals surface area contributed by atoms with Crippen molar-refractivity contribution in [3.63, 3.8) is 0 Å². The zero-order chi connectivity index (χ0) is 11.4. The van der Waals surface area contributed by atoms with Crippen molar-refractivity contribution >= 4 is 0 Å². The van der Waals surface area contributed by atoms with Crippen LogP contribution in [0.25, 0.3) is 0 Å². The Morgan fingerprint density at radius 2 is 1.64 bits per heavy atom. The van der Waals surface area contributed by atoms with E-state index in [4.69, 9.17) is 0 Å². The number of aliphatic hydroxyl groups excluding tert-OH is 1. The molecule has 0 saturated carbocycles. The van der Waals surface area contributed by atoms with Crippen LogP contribution in [-0.4, -0.2) is 11.2 Å². The summed E-state index contributed by atoms with van der Waals surface area (Å²) in [7, 11) is 0. The van der Waals surface area contributed by atoms with Crippen LogP contribution in [0.1, 0.15) is 41.5 Å². The van der Waals surface area contributed by atoms with E-state index >= 15 is 0 Å². The van der Waals surface area contributed by atoms with Crippen LogP contribution in [0.4, 0.5) is 0 Å². The van der Waals surface area contributed by atoms with Gasteiger partial charge in [-0.25, -0.2) is 0 Å². The van der Waals surface area contributed by atoms with Crippen LogP contribution in [-0.2, 0) is 0 Å². The average Bonchev–Trinajstić information content (AvgIpc) is 1.94. The van der Waals surface area contributed by atoms with E-state index in [9.17, 15) is 5.11 Å². The summed E-state index contributed by atoms with van der Waals surface area (Å²) in [6.45, 7) is 12.7. The van der Waals surface area contributed by atoms with Crippen molar-refractivity contribution in [1.82, 2.24) is 0 Å². The maximum Gasteiger partial charge on any atom is 0.0695 e. The summed E-state index contributed by atoms with van der Waals surface area (Å²) < 4.78 is 0. The first-order valence-electron chi connectivity index (χ1n) is 5.32. The van der Waals surface area contributed by atoms with E-state index in [0.717, 1.165) is 0 Å². The van der Waals surface area contributed by atoms with Crippen molar-refractivity contribution < 1.29 is 5.11 Å². The molecule has 0 rings (SSSR count). The first-order chi connectivity index (χ1) is 6.23. The van der Waals surface area contributed by atoms with E-state index in [2.05, 4.69) is 40.7 Å². The van der Waals surface area contributed by atoms with Crippen LogP contribution >= 0.6 is 0 Å². The topological polar surface area (TPSA) is 20.2 Å². The summed E-state index contributed by atoms with van der Waals surface area (Å²) >= 11 is 0. The van der Waals surface area contributed by atoms with E-state index < -0.39 is 0 Å². The first kappa shape index (κ1) is 13.4. The molecule has 0 aromatic carbocycles. The summed E-state index contributed by atoms with van der Waals surface area (Å²) in [4.78, 5) is 0. The molecular formula is C13H24O. The van der Waals surface area contributed by atoms with Gasteiger partial charge >= 0.3 is 0 Å². The lowest BCUT2D eigenvalue weighted by Gasteiger charge is -2.21. The van der Waals surface area contributed by atoms with Crippen LogP contribution in [0.15, 0.2) is 23.8 Å². The van der Waals surface area contributed by atoms with Crippen LogP contribution in [0.3, 0.4) is 0 Å². The van der Waals surface area contributed by atoms with E-state index in [-0.39, 0.29) is 11.5 Å². The summed E-state index contributed by atoms with van der Waals surface area (Å²) in [6, 6.07) is 0. The zero-order valence-electron chi connectivity index (χ0n) is 10.3. The van der Waals surface area contributed by atoms with Crippen molar-refractivity contribution in [3.05, 3.63) is 23.8 Å². The van der Waals surface area contributed by atoms with Gasteiger partial charge in [0.25, 0.3) is 0 Å². The lowest BCUT2D eigenvalue weighted by atomic mass is 9.84. The number of hydrogen-bond donors (Lipinski definition) is 1. The Bertz CT molecular complexity index is 214. The molecule has 0 aliphatic heterocycles. The van der Waals surface area contributed by atoms with Crippen LogP contribution < -0.4 is 0 Å². The van der Waals surface area contributed by atoms with Crippen LogP contribution in [0.5, 0.6) is 0 Å². The Hall–Kier alpha value is -0.560. The second-order valence-electron chi connectivity index (χ2n) is 5.22. The molecule has 1 nitrogen and oxygen atoms in total. The molecule has 0 aromatic rings. The Balaban J connectivity index is 4.76. The lowest BCUT2D eigenvalue weighted by molar-refractivity contribution is 0.244. The third kappa shape index (κ3) is 5.98. The fourth-order valence-corrected chi connectivity index (χ4v) is 1.16. The molecule has 1 atom stereocenters. The van der Waals surface area contributed by atoms with E-state index in [0.29, 0.717) is 5.92 Å². The molecule has 14 heavy (non-hydrogen) atoms. The first-order valence-corrected chi connectivity index (χ1v) is 5.32. The summed E-state index contributed by atoms with van der Waals surface area (Å²) in [5.74, 6) is 0.544. The highest BCUT2D eigenvalue weighted by Crippen LogP contribution is 2.27. The highest BCUT2D eigenvalue weighted by Gasteiger charge is 2.14. The van der Waals surface area contributed by atoms with Crippen molar-refractivity contribution in [2.45, 2.75) is 47.6 Å². The van der Waals surface area contributed by atoms with Gasteiger partial charge in [0.05, 0.1) is 6.10 Å². The molecule has 0 fully saturated rings. The fourth-order valence-electron chi connectivity index (χ4n) is 1.16. The molecule has 0 saturated heterocycles. The molecule has 0 radical (unpaired) electrons. The number of hydrogen-bond acceptors (Lipinski definition) is 1. The predicted molar refractivity (Wildman–Crippen MR) is 63.2 cm³/mol. The molecule has 0 spiro atoms. The molecule has 0 amide bonds. The van der Waals surface area contributed by atoms with Crippen molar-refractivity contribution in [2.24, 2.45) is 11.3 Å². The maximum absolute atomic E-state index is 9.19. The molecule has 1 unspecified atom stereocenters. The highest BCUT2D eigenvalue weighted by atomic mass is 16.3. The molecule has 0 aliphatic rings. The van der Waals surface area contributed by atoms with Gasteiger partial charge in [0, 0.05) is 0 Å². The SMILES string of the molecule is CC(C)C=C(C=CC(C)O)C(C)(C)C. The normalized spacial score (nSPS) is 16.7. The van der Waals surface area contributed by atoms with Gasteiger partial charge in [0.15, 0.2) is 0 Å². The Morgan fingerprint density at radius 3 is 1.93 bits per heavy atom. The van der Waals surface area contributed by atoms with Gasteiger partial charge in [0.2, 0.25) is 0 Å². The predicted octanol–water partition coefficient (Wildman–Crippen LogP) is 3.55. The minimum absolute atomic E-state index is 0.148. The van der Waals surface area contributed by atoms with Gasteiger partial charge in [0.1, 0.15) is 0 Å². The summed E-state index contributed by atoms with van der Waals surface area (Å²) in [5, 5.41) is 9.19. The lowest BCUT2D eigenvalue weighted by Crippen LogP contribution is -2.09. The monoisotopic (exact) mass is 196 g/mol. The minimum Gasteiger partial charge on any atom is -0.389 e. The second-order valence-corrected chi connectivity index (χ2v) is 5.22. The van der Waals surface area contributed by atoms with Crippen molar-refractivity contribution in [3.8, 4) is 0 Å². The maximum atomic E-state index is 9.19. The third-order valence-electron chi connectivity index (χ3n) is 1.93. The summed E-state index contributed by atoms with van der Waals surface area (Å²) in [6.07, 6.45) is 5.75.